The van der Waals surface area contributed by atoms with Crippen LogP contribution in [0, 0.1) is 11.8 Å². The van der Waals surface area contributed by atoms with Crippen molar-refractivity contribution in [3.8, 4) is 5.75 Å². The summed E-state index contributed by atoms with van der Waals surface area (Å²) in [7, 11) is 0. The molecule has 0 aromatic heterocycles. The van der Waals surface area contributed by atoms with Crippen molar-refractivity contribution >= 4 is 29.4 Å². The van der Waals surface area contributed by atoms with Crippen LogP contribution in [0.25, 0.3) is 0 Å². The zero-order valence-electron chi connectivity index (χ0n) is 24.9. The molecule has 2 atom stereocenters. The number of aromatic carboxylic acids is 1. The summed E-state index contributed by atoms with van der Waals surface area (Å²) in [4.78, 5) is 50.4. The molecule has 2 aromatic carbocycles. The zero-order valence-corrected chi connectivity index (χ0v) is 24.9. The number of carboxylic acids is 2. The second-order valence-electron chi connectivity index (χ2n) is 11.2. The fourth-order valence-corrected chi connectivity index (χ4v) is 5.20. The highest BCUT2D eigenvalue weighted by atomic mass is 16.5. The summed E-state index contributed by atoms with van der Waals surface area (Å²) in [6.45, 7) is 3.89. The monoisotopic (exact) mass is 604 g/mol. The van der Waals surface area contributed by atoms with Gasteiger partial charge in [0.05, 0.1) is 35.4 Å². The molecular formula is C34H40N2O8. The highest BCUT2D eigenvalue weighted by molar-refractivity contribution is 6.05. The molecule has 0 spiro atoms. The fraction of sp³-hybridized carbons (Fsp3) is 0.412. The minimum Gasteiger partial charge on any atom is -0.494 e. The minimum absolute atomic E-state index is 0.0672. The van der Waals surface area contributed by atoms with Crippen LogP contribution in [0.15, 0.2) is 66.8 Å². The minimum atomic E-state index is -1.19. The fourth-order valence-electron chi connectivity index (χ4n) is 5.20. The molecule has 2 aromatic rings. The molecule has 1 heterocycles. The van der Waals surface area contributed by atoms with Crippen LogP contribution in [-0.2, 0) is 20.7 Å². The number of piperidine rings is 1. The molecule has 1 aliphatic heterocycles. The Balaban J connectivity index is 1.23. The third-order valence-corrected chi connectivity index (χ3v) is 7.93. The molecule has 0 saturated carbocycles. The third kappa shape index (κ3) is 9.28. The summed E-state index contributed by atoms with van der Waals surface area (Å²) in [6, 6.07) is 11.6. The van der Waals surface area contributed by atoms with Crippen molar-refractivity contribution in [2.75, 3.05) is 31.6 Å². The van der Waals surface area contributed by atoms with E-state index in [1.54, 1.807) is 0 Å². The number of ether oxygens (including phenoxy) is 2. The van der Waals surface area contributed by atoms with E-state index < -0.39 is 23.8 Å². The van der Waals surface area contributed by atoms with E-state index in [0.717, 1.165) is 24.2 Å². The van der Waals surface area contributed by atoms with Gasteiger partial charge in [0.1, 0.15) is 5.75 Å². The number of aryl methyl sites for hydroxylation is 1. The van der Waals surface area contributed by atoms with Crippen molar-refractivity contribution in [2.24, 2.45) is 11.8 Å². The Kier molecular flexibility index (Phi) is 11.7. The lowest BCUT2D eigenvalue weighted by atomic mass is 9.96. The molecule has 1 fully saturated rings. The highest BCUT2D eigenvalue weighted by Crippen LogP contribution is 2.25. The number of nitrogens with one attached hydrogen (secondary N) is 1. The van der Waals surface area contributed by atoms with Crippen LogP contribution in [0.4, 0.5) is 5.69 Å². The van der Waals surface area contributed by atoms with Crippen molar-refractivity contribution in [3.05, 3.63) is 83.5 Å². The molecule has 4 rings (SSSR count). The molecule has 10 nitrogen and oxygen atoms in total. The first-order valence-corrected chi connectivity index (χ1v) is 15.1. The first-order valence-electron chi connectivity index (χ1n) is 15.1. The van der Waals surface area contributed by atoms with Crippen LogP contribution in [0.5, 0.6) is 5.75 Å². The molecule has 1 saturated heterocycles. The first-order chi connectivity index (χ1) is 21.2. The van der Waals surface area contributed by atoms with E-state index in [0.29, 0.717) is 38.4 Å². The number of hydrogen-bond donors (Lipinski definition) is 3. The Morgan fingerprint density at radius 2 is 1.64 bits per heavy atom. The lowest BCUT2D eigenvalue weighted by Gasteiger charge is -2.30. The first kappa shape index (κ1) is 32.5. The molecular weight excluding hydrogens is 564 g/mol. The number of carbonyl (C=O) groups is 4. The van der Waals surface area contributed by atoms with Gasteiger partial charge in [0, 0.05) is 32.0 Å². The van der Waals surface area contributed by atoms with Gasteiger partial charge >= 0.3 is 11.9 Å². The lowest BCUT2D eigenvalue weighted by Crippen LogP contribution is -2.40. The maximum absolute atomic E-state index is 13.3. The van der Waals surface area contributed by atoms with Crippen molar-refractivity contribution in [2.45, 2.75) is 51.6 Å². The van der Waals surface area contributed by atoms with Crippen LogP contribution in [0.1, 0.15) is 65.3 Å². The maximum Gasteiger partial charge on any atom is 0.335 e. The van der Waals surface area contributed by atoms with Gasteiger partial charge in [-0.3, -0.25) is 14.4 Å². The van der Waals surface area contributed by atoms with Crippen molar-refractivity contribution in [1.82, 2.24) is 4.90 Å². The topological polar surface area (TPSA) is 142 Å². The zero-order chi connectivity index (χ0) is 31.5. The van der Waals surface area contributed by atoms with Crippen molar-refractivity contribution < 1.29 is 38.9 Å². The van der Waals surface area contributed by atoms with E-state index >= 15 is 0 Å². The highest BCUT2D eigenvalue weighted by Gasteiger charge is 2.29. The largest absolute Gasteiger partial charge is 0.494 e. The average molecular weight is 605 g/mol. The van der Waals surface area contributed by atoms with Gasteiger partial charge in [0.25, 0.3) is 5.91 Å². The third-order valence-electron chi connectivity index (χ3n) is 7.93. The van der Waals surface area contributed by atoms with Gasteiger partial charge in [-0.2, -0.15) is 0 Å². The summed E-state index contributed by atoms with van der Waals surface area (Å²) in [6.07, 6.45) is 11.4. The van der Waals surface area contributed by atoms with Gasteiger partial charge < -0.3 is 29.9 Å². The van der Waals surface area contributed by atoms with E-state index in [-0.39, 0.29) is 48.3 Å². The molecule has 234 valence electrons. The molecule has 0 radical (unpaired) electrons. The Bertz CT molecular complexity index is 1380. The number of unbranched alkanes of at least 4 members (excludes halogenated alkanes) is 1. The van der Waals surface area contributed by atoms with Gasteiger partial charge in [-0.25, -0.2) is 4.79 Å². The van der Waals surface area contributed by atoms with E-state index in [9.17, 15) is 29.4 Å². The number of carboxylic acid groups (broad SMARTS) is 2. The number of hydrogen-bond acceptors (Lipinski definition) is 6. The van der Waals surface area contributed by atoms with Crippen LogP contribution in [-0.4, -0.2) is 71.3 Å². The molecule has 2 aliphatic rings. The Labute approximate surface area is 257 Å². The summed E-state index contributed by atoms with van der Waals surface area (Å²) < 4.78 is 11.8. The Morgan fingerprint density at radius 1 is 0.932 bits per heavy atom. The molecule has 2 unspecified atom stereocenters. The second kappa shape index (κ2) is 15.9. The number of likely N-dealkylation sites (tertiary alicyclic amines) is 1. The van der Waals surface area contributed by atoms with Crippen LogP contribution < -0.4 is 10.1 Å². The number of aliphatic carboxylic acids is 1. The average Bonchev–Trinajstić information content (AvgIpc) is 3.03. The van der Waals surface area contributed by atoms with E-state index in [1.165, 1.54) is 23.1 Å². The van der Waals surface area contributed by atoms with Gasteiger partial charge in [0.15, 0.2) is 0 Å². The molecule has 3 N–H and O–H groups in total. The summed E-state index contributed by atoms with van der Waals surface area (Å²) in [5.74, 6) is -2.22. The number of anilines is 1. The summed E-state index contributed by atoms with van der Waals surface area (Å²) in [5, 5.41) is 21.4. The number of carbonyl (C=O) groups excluding carboxylic acids is 2. The van der Waals surface area contributed by atoms with Crippen molar-refractivity contribution in [1.29, 1.82) is 0 Å². The van der Waals surface area contributed by atoms with Crippen LogP contribution >= 0.6 is 0 Å². The van der Waals surface area contributed by atoms with Gasteiger partial charge in [-0.05, 0) is 68.0 Å². The van der Waals surface area contributed by atoms with E-state index in [4.69, 9.17) is 9.47 Å². The van der Waals surface area contributed by atoms with Crippen LogP contribution in [0.3, 0.4) is 0 Å². The quantitative estimate of drug-likeness (QED) is 0.250. The predicted octanol–water partition coefficient (Wildman–Crippen LogP) is 5.20. The Morgan fingerprint density at radius 3 is 2.32 bits per heavy atom. The van der Waals surface area contributed by atoms with Crippen molar-refractivity contribution in [3.63, 3.8) is 0 Å². The second-order valence-corrected chi connectivity index (χ2v) is 11.2. The Hall–Kier alpha value is -4.44. The normalized spacial score (nSPS) is 18.2. The smallest absolute Gasteiger partial charge is 0.335 e. The maximum atomic E-state index is 13.3. The van der Waals surface area contributed by atoms with Gasteiger partial charge in [-0.15, -0.1) is 0 Å². The van der Waals surface area contributed by atoms with Gasteiger partial charge in [-0.1, -0.05) is 43.4 Å². The number of allylic oxidation sites excluding steroid dienone is 2. The van der Waals surface area contributed by atoms with E-state index in [2.05, 4.69) is 24.4 Å². The lowest BCUT2D eigenvalue weighted by molar-refractivity contribution is -0.143. The number of nitrogens with zero attached hydrogens (tertiary/aromatic N) is 1. The predicted molar refractivity (Wildman–Crippen MR) is 165 cm³/mol. The standard InChI is InChI=1S/C34H40N2O8/c1-23-6-2-3-7-30(23)44-21-5-4-20-43-27-12-8-24(9-13-27)10-15-31(37)35-29-14-11-26(34(41)42)22-28(29)32(38)36-18-16-25(17-19-36)33(39)40/h2-3,6-9,11-14,22-23,25,30H,4-5,10,15-21H2,1H3,(H,35,37)(H,39,40)(H,41,42). The molecule has 44 heavy (non-hydrogen) atoms. The molecule has 0 bridgehead atoms. The van der Waals surface area contributed by atoms with Gasteiger partial charge in [0.2, 0.25) is 5.91 Å². The molecule has 1 aliphatic carbocycles. The SMILES string of the molecule is CC1C=CC=CC1OCCCCOc1ccc(CCC(=O)Nc2ccc(C(=O)O)cc2C(=O)N2CCC(C(=O)O)CC2)cc1. The van der Waals surface area contributed by atoms with E-state index in [1.807, 2.05) is 36.4 Å². The van der Waals surface area contributed by atoms with Crippen LogP contribution in [0.2, 0.25) is 0 Å². The molecule has 2 amide bonds. The number of rotatable bonds is 14. The summed E-state index contributed by atoms with van der Waals surface area (Å²) in [5.41, 5.74) is 1.16. The molecule has 10 heteroatoms. The number of amides is 2. The summed E-state index contributed by atoms with van der Waals surface area (Å²) >= 11 is 0. The number of benzene rings is 2.